The molecule has 95 heavy (non-hydrogen) atoms. The standard InChI is InChI=1S/C62H90N13O14P.2CN.Co/c1-29-20-39-40(21-30(29)2)75(28-70-39)57-52(84)53(41(27-76)87-57)89-90(85,86)88-31(3)26-69-49(83)18-19-59(8)37(22-46(66)80)56-62(11)61(10,25-48(68)82)36(14-17-45(65)79)51(74-62)33(5)55-60(9,24-47(67)81)34(12-15-43(63)77)38(71-55)23-42-58(6,7)35(13-16-44(64)78)50(72-42)32(4)54(59)73-56;2*1-2;/h20-21,23,28,31,34-37,41,52-53,56-57,76,84H,12-19,22,24-27H2,1-11H3,(H15,63,64,65,66,67,68,69,71,72,73,74,77,78,79,80,81,82,83,85,86);;;/q;2*-1;+3/p-1/t31-,34+,35+,36+,37-,41+,52+,53+,56+,57-,59+,60-,61-,62-;;;/m0.../s1. The number of aliphatic hydroxyl groups excluding tert-OH is 2. The minimum absolute atomic E-state index is 0. The summed E-state index contributed by atoms with van der Waals surface area (Å²) in [6.45, 7) is 28.6. The first-order valence-corrected chi connectivity index (χ1v) is 32.5. The zero-order valence-corrected chi connectivity index (χ0v) is 57.4. The maximum absolute atomic E-state index is 14.4. The SMILES string of the molecule is C/C1=C2/[N-][C@H]([C@H](CC(N)=O)[C@@]2(C)CCC(=O)NC[C@H](C)OP(=O)(O)O[C@H]2[C@@H](O)[C@@H](n3cnc4cc(C)c(C)cc43)O[C@@H]2CO)[C@]2(C)N=C(/C(C)=C3N=C(/C=C4N=C1[C@@H](CCC(N)=O)C\4(C)C)[C@@H](CCC(N)=O)[C@]\3(C)CC(N)=O)[C@@H](CCC(N)=O)[C@]2(C)CC(N)=O.[C-]#N.[C-]#N.[Co+3]. The number of phosphoric ester groups is 1. The van der Waals surface area contributed by atoms with Gasteiger partial charge in [-0.05, 0) is 119 Å². The summed E-state index contributed by atoms with van der Waals surface area (Å²) in [4.78, 5) is 125. The van der Waals surface area contributed by atoms with Crippen LogP contribution in [0.4, 0.5) is 0 Å². The number of aryl methyl sites for hydroxylation is 2. The van der Waals surface area contributed by atoms with Gasteiger partial charge >= 0.3 is 24.6 Å². The number of carbonyl (C=O) groups excluding carboxylic acids is 7. The number of benzene rings is 1. The van der Waals surface area contributed by atoms with Gasteiger partial charge in [0, 0.05) is 108 Å². The number of aliphatic hydroxyl groups is 2. The largest absolute Gasteiger partial charge is 3.00 e. The summed E-state index contributed by atoms with van der Waals surface area (Å²) in [6, 6.07) is 2.68. The second kappa shape index (κ2) is 30.3. The fraction of sp³-hybridized carbons (Fsp3) is 0.609. The molecule has 8 rings (SSSR count). The zero-order chi connectivity index (χ0) is 70.7. The second-order valence-electron chi connectivity index (χ2n) is 27.0. The Morgan fingerprint density at radius 2 is 1.35 bits per heavy atom. The minimum Gasteiger partial charge on any atom is -0.682 e. The van der Waals surface area contributed by atoms with Crippen LogP contribution in [0.2, 0.25) is 0 Å². The third kappa shape index (κ3) is 15.5. The van der Waals surface area contributed by atoms with Gasteiger partial charge < -0.3 is 93.1 Å². The molecule has 7 heterocycles. The van der Waals surface area contributed by atoms with Crippen LogP contribution in [0.1, 0.15) is 150 Å². The molecule has 6 aliphatic heterocycles. The molecule has 8 bridgehead atoms. The number of fused-ring (bicyclic) bond motifs is 7. The van der Waals surface area contributed by atoms with Crippen LogP contribution in [0, 0.1) is 82.8 Å². The van der Waals surface area contributed by atoms with Gasteiger partial charge in [0.25, 0.3) is 0 Å². The van der Waals surface area contributed by atoms with E-state index in [0.717, 1.165) is 11.1 Å². The first-order valence-electron chi connectivity index (χ1n) is 31.0. The van der Waals surface area contributed by atoms with E-state index in [0.29, 0.717) is 56.4 Å². The van der Waals surface area contributed by atoms with Crippen molar-refractivity contribution >= 4 is 77.3 Å². The molecule has 1 unspecified atom stereocenters. The summed E-state index contributed by atoms with van der Waals surface area (Å²) in [5.41, 5.74) is 36.8. The van der Waals surface area contributed by atoms with E-state index in [1.165, 1.54) is 13.3 Å². The number of primary amides is 6. The summed E-state index contributed by atoms with van der Waals surface area (Å²) >= 11 is 0. The fourth-order valence-corrected chi connectivity index (χ4v) is 16.5. The molecule has 1 aromatic heterocycles. The van der Waals surface area contributed by atoms with Crippen molar-refractivity contribution in [2.45, 2.75) is 189 Å². The van der Waals surface area contributed by atoms with E-state index in [1.807, 2.05) is 80.5 Å². The molecule has 0 radical (unpaired) electrons. The number of hydrogen-bond donors (Lipinski definition) is 10. The molecule has 1 aromatic carbocycles. The molecule has 0 saturated carbocycles. The van der Waals surface area contributed by atoms with Crippen LogP contribution >= 0.6 is 7.82 Å². The van der Waals surface area contributed by atoms with Crippen molar-refractivity contribution < 1.29 is 83.8 Å². The van der Waals surface area contributed by atoms with Crippen LogP contribution in [0.5, 0.6) is 0 Å². The number of aliphatic imine (C=N–C) groups is 3. The predicted octanol–water partition coefficient (Wildman–Crippen LogP) is 4.14. The van der Waals surface area contributed by atoms with Crippen molar-refractivity contribution in [1.29, 1.82) is 10.5 Å². The van der Waals surface area contributed by atoms with Crippen molar-refractivity contribution in [3.05, 3.63) is 82.4 Å². The van der Waals surface area contributed by atoms with E-state index >= 15 is 0 Å². The quantitative estimate of drug-likeness (QED) is 0.0467. The van der Waals surface area contributed by atoms with Gasteiger partial charge in [-0.2, -0.15) is 5.70 Å². The third-order valence-electron chi connectivity index (χ3n) is 20.5. The number of allylic oxidation sites excluding steroid dienone is 6. The van der Waals surface area contributed by atoms with Gasteiger partial charge in [-0.1, -0.05) is 40.7 Å². The van der Waals surface area contributed by atoms with E-state index in [2.05, 4.69) is 10.3 Å². The topological polar surface area (TPSA) is 510 Å². The molecule has 16 N–H and O–H groups in total. The number of ether oxygens (including phenoxy) is 1. The molecule has 518 valence electrons. The maximum Gasteiger partial charge on any atom is 3.00 e. The average molecular weight is 1380 g/mol. The number of nitrogens with one attached hydrogen (secondary N) is 1. The van der Waals surface area contributed by atoms with Gasteiger partial charge in [-0.3, -0.25) is 57.6 Å². The van der Waals surface area contributed by atoms with Crippen LogP contribution in [0.25, 0.3) is 16.4 Å². The number of hydrogen-bond acceptors (Lipinski definition) is 19. The van der Waals surface area contributed by atoms with Gasteiger partial charge in [0.15, 0.2) is 6.23 Å². The Kier molecular flexibility index (Phi) is 24.9. The summed E-state index contributed by atoms with van der Waals surface area (Å²) in [5.74, 6) is -7.34. The van der Waals surface area contributed by atoms with Crippen LogP contribution in [0.3, 0.4) is 0 Å². The summed E-state index contributed by atoms with van der Waals surface area (Å²) in [5, 5.41) is 42.7. The van der Waals surface area contributed by atoms with Crippen LogP contribution < -0.4 is 39.7 Å². The van der Waals surface area contributed by atoms with Gasteiger partial charge in [-0.25, -0.2) is 9.55 Å². The number of nitrogens with zero attached hydrogens (tertiary/aromatic N) is 8. The molecule has 0 spiro atoms. The Morgan fingerprint density at radius 1 is 0.779 bits per heavy atom. The molecule has 6 aliphatic rings. The van der Waals surface area contributed by atoms with Crippen molar-refractivity contribution in [3.63, 3.8) is 0 Å². The molecule has 15 atom stereocenters. The Morgan fingerprint density at radius 3 is 1.91 bits per heavy atom. The summed E-state index contributed by atoms with van der Waals surface area (Å²) in [7, 11) is -5.07. The minimum atomic E-state index is -5.07. The number of imidazole rings is 1. The van der Waals surface area contributed by atoms with Crippen molar-refractivity contribution in [3.8, 4) is 0 Å². The van der Waals surface area contributed by atoms with Crippen LogP contribution in [0.15, 0.2) is 67.8 Å². The second-order valence-corrected chi connectivity index (χ2v) is 28.4. The van der Waals surface area contributed by atoms with E-state index < -0.39 is 143 Å². The molecular weight excluding hydrogens is 1290 g/mol. The molecular formula is C64H89CoN15O14P. The Labute approximate surface area is 563 Å². The number of phosphoric acid groups is 1. The number of aromatic nitrogens is 2. The van der Waals surface area contributed by atoms with E-state index in [-0.39, 0.29) is 94.0 Å². The fourth-order valence-electron chi connectivity index (χ4n) is 15.3. The van der Waals surface area contributed by atoms with Crippen molar-refractivity contribution in [1.82, 2.24) is 14.9 Å². The average Bonchev–Trinajstić information content (AvgIpc) is 1.53. The smallest absolute Gasteiger partial charge is 0.682 e. The van der Waals surface area contributed by atoms with Gasteiger partial charge in [0.2, 0.25) is 41.4 Å². The monoisotopic (exact) mass is 1380 g/mol. The van der Waals surface area contributed by atoms with E-state index in [4.69, 9.17) is 92.1 Å². The van der Waals surface area contributed by atoms with Crippen LogP contribution in [-0.4, -0.2) is 132 Å². The Balaban J connectivity index is 0.00000320. The molecule has 2 fully saturated rings. The number of nitrogens with two attached hydrogens (primary N) is 6. The molecule has 2 aromatic rings. The normalized spacial score (nSPS) is 32.5. The number of amides is 7. The van der Waals surface area contributed by atoms with Gasteiger partial charge in [0.05, 0.1) is 41.3 Å². The predicted molar refractivity (Wildman–Crippen MR) is 344 cm³/mol. The van der Waals surface area contributed by atoms with E-state index in [1.54, 1.807) is 11.5 Å². The van der Waals surface area contributed by atoms with Crippen molar-refractivity contribution in [2.75, 3.05) is 13.2 Å². The van der Waals surface area contributed by atoms with Crippen molar-refractivity contribution in [2.24, 2.45) is 94.7 Å². The first kappa shape index (κ1) is 78.2. The molecule has 2 saturated heterocycles. The van der Waals surface area contributed by atoms with Crippen LogP contribution in [-0.2, 0) is 68.7 Å². The molecule has 7 amide bonds. The zero-order valence-electron chi connectivity index (χ0n) is 55.4. The molecule has 31 heteroatoms. The number of carbonyl (C=O) groups is 7. The first-order chi connectivity index (χ1) is 43.8. The van der Waals surface area contributed by atoms with Gasteiger partial charge in [-0.15, -0.1) is 0 Å². The summed E-state index contributed by atoms with van der Waals surface area (Å²) < 4.78 is 32.3. The maximum atomic E-state index is 14.4. The van der Waals surface area contributed by atoms with E-state index in [9.17, 15) is 53.2 Å². The summed E-state index contributed by atoms with van der Waals surface area (Å²) in [6.07, 6.45) is -4.47. The van der Waals surface area contributed by atoms with Gasteiger partial charge in [0.1, 0.15) is 18.3 Å². The third-order valence-corrected chi connectivity index (χ3v) is 21.6. The molecule has 29 nitrogen and oxygen atoms in total. The Bertz CT molecular complexity index is 3650. The number of rotatable bonds is 26. The Hall–Kier alpha value is -7.51. The molecule has 0 aliphatic carbocycles.